The Labute approximate surface area is 117 Å². The standard InChI is InChI=1S/C13H12.C2H5N3O2/c1-3-7-12(8-4-1)11-13-9-5-2-6-10-13;3-1(6)5-2(4)7/h1-10H,11H2;(H5,3,4,5,6,7). The van der Waals surface area contributed by atoms with Crippen molar-refractivity contribution in [3.8, 4) is 0 Å². The fourth-order valence-corrected chi connectivity index (χ4v) is 1.55. The second-order valence-corrected chi connectivity index (χ2v) is 4.00. The molecule has 5 N–H and O–H groups in total. The predicted molar refractivity (Wildman–Crippen MR) is 78.0 cm³/mol. The van der Waals surface area contributed by atoms with E-state index in [9.17, 15) is 9.59 Å². The van der Waals surface area contributed by atoms with Gasteiger partial charge in [0.2, 0.25) is 0 Å². The fourth-order valence-electron chi connectivity index (χ4n) is 1.55. The number of rotatable bonds is 2. The highest BCUT2D eigenvalue weighted by Crippen LogP contribution is 2.07. The lowest BCUT2D eigenvalue weighted by atomic mass is 10.1. The van der Waals surface area contributed by atoms with Gasteiger partial charge in [0, 0.05) is 0 Å². The number of imide groups is 1. The number of amides is 4. The summed E-state index contributed by atoms with van der Waals surface area (Å²) in [6.07, 6.45) is 1.03. The van der Waals surface area contributed by atoms with E-state index in [4.69, 9.17) is 0 Å². The van der Waals surface area contributed by atoms with Crippen molar-refractivity contribution in [2.24, 2.45) is 11.5 Å². The van der Waals surface area contributed by atoms with Crippen LogP contribution < -0.4 is 16.8 Å². The van der Waals surface area contributed by atoms with Crippen molar-refractivity contribution < 1.29 is 9.59 Å². The van der Waals surface area contributed by atoms with Gasteiger partial charge in [-0.2, -0.15) is 0 Å². The number of urea groups is 2. The van der Waals surface area contributed by atoms with Crippen LogP contribution in [-0.4, -0.2) is 12.1 Å². The molecule has 0 aromatic heterocycles. The van der Waals surface area contributed by atoms with Crippen LogP contribution >= 0.6 is 0 Å². The summed E-state index contributed by atoms with van der Waals surface area (Å²) in [4.78, 5) is 19.2. The Morgan fingerprint density at radius 1 is 0.750 bits per heavy atom. The Kier molecular flexibility index (Phi) is 6.33. The highest BCUT2D eigenvalue weighted by Gasteiger charge is 1.93. The first-order valence-corrected chi connectivity index (χ1v) is 6.01. The molecule has 0 fully saturated rings. The first kappa shape index (κ1) is 15.2. The number of carbonyl (C=O) groups excluding carboxylic acids is 2. The van der Waals surface area contributed by atoms with Gasteiger partial charge in [0.05, 0.1) is 0 Å². The molecule has 0 saturated heterocycles. The molecule has 0 heterocycles. The van der Waals surface area contributed by atoms with Gasteiger partial charge in [0.25, 0.3) is 0 Å². The monoisotopic (exact) mass is 271 g/mol. The molecule has 0 spiro atoms. The summed E-state index contributed by atoms with van der Waals surface area (Å²) in [5.41, 5.74) is 11.6. The van der Waals surface area contributed by atoms with Gasteiger partial charge in [-0.15, -0.1) is 0 Å². The molecule has 0 unspecified atom stereocenters. The molecule has 0 radical (unpaired) electrons. The maximum Gasteiger partial charge on any atom is 0.320 e. The van der Waals surface area contributed by atoms with Crippen LogP contribution in [0, 0.1) is 0 Å². The SMILES string of the molecule is NC(=O)NC(N)=O.c1ccc(Cc2ccccc2)cc1. The molecule has 4 amide bonds. The number of carbonyl (C=O) groups is 2. The van der Waals surface area contributed by atoms with Crippen molar-refractivity contribution in [3.63, 3.8) is 0 Å². The third kappa shape index (κ3) is 6.80. The van der Waals surface area contributed by atoms with Gasteiger partial charge in [-0.25, -0.2) is 9.59 Å². The predicted octanol–water partition coefficient (Wildman–Crippen LogP) is 2.01. The minimum absolute atomic E-state index is 0.937. The van der Waals surface area contributed by atoms with Crippen LogP contribution in [0.15, 0.2) is 60.7 Å². The molecular formula is C15H17N3O2. The van der Waals surface area contributed by atoms with E-state index in [1.54, 1.807) is 5.32 Å². The summed E-state index contributed by atoms with van der Waals surface area (Å²) >= 11 is 0. The van der Waals surface area contributed by atoms with Crippen molar-refractivity contribution in [2.75, 3.05) is 0 Å². The Balaban J connectivity index is 0.000000246. The molecule has 20 heavy (non-hydrogen) atoms. The van der Waals surface area contributed by atoms with Crippen LogP contribution in [0.4, 0.5) is 9.59 Å². The molecule has 104 valence electrons. The van der Waals surface area contributed by atoms with E-state index < -0.39 is 12.1 Å². The van der Waals surface area contributed by atoms with E-state index in [1.165, 1.54) is 11.1 Å². The summed E-state index contributed by atoms with van der Waals surface area (Å²) in [7, 11) is 0. The summed E-state index contributed by atoms with van der Waals surface area (Å²) in [6, 6.07) is 19.2. The fraction of sp³-hybridized carbons (Fsp3) is 0.0667. The summed E-state index contributed by atoms with van der Waals surface area (Å²) < 4.78 is 0. The first-order valence-electron chi connectivity index (χ1n) is 6.01. The molecule has 0 bridgehead atoms. The van der Waals surface area contributed by atoms with Gasteiger partial charge in [-0.05, 0) is 17.5 Å². The van der Waals surface area contributed by atoms with E-state index in [1.807, 2.05) is 0 Å². The minimum Gasteiger partial charge on any atom is -0.351 e. The van der Waals surface area contributed by atoms with Gasteiger partial charge in [-0.3, -0.25) is 5.32 Å². The third-order valence-electron chi connectivity index (χ3n) is 2.34. The van der Waals surface area contributed by atoms with E-state index >= 15 is 0 Å². The average molecular weight is 271 g/mol. The largest absolute Gasteiger partial charge is 0.351 e. The molecule has 0 aliphatic carbocycles. The Morgan fingerprint density at radius 2 is 1.10 bits per heavy atom. The number of primary amides is 2. The molecule has 2 aromatic rings. The summed E-state index contributed by atoms with van der Waals surface area (Å²) in [5.74, 6) is 0. The van der Waals surface area contributed by atoms with E-state index in [0.717, 1.165) is 6.42 Å². The van der Waals surface area contributed by atoms with Gasteiger partial charge in [0.1, 0.15) is 0 Å². The van der Waals surface area contributed by atoms with Crippen molar-refractivity contribution in [1.82, 2.24) is 5.32 Å². The average Bonchev–Trinajstić information content (AvgIpc) is 2.40. The Bertz CT molecular complexity index is 492. The molecule has 2 aromatic carbocycles. The smallest absolute Gasteiger partial charge is 0.320 e. The molecule has 0 saturated carbocycles. The zero-order valence-corrected chi connectivity index (χ0v) is 11.0. The van der Waals surface area contributed by atoms with Crippen molar-refractivity contribution in [2.45, 2.75) is 6.42 Å². The highest BCUT2D eigenvalue weighted by molar-refractivity contribution is 5.91. The van der Waals surface area contributed by atoms with E-state index in [2.05, 4.69) is 72.1 Å². The Morgan fingerprint density at radius 3 is 1.35 bits per heavy atom. The second kappa shape index (κ2) is 8.31. The van der Waals surface area contributed by atoms with E-state index in [-0.39, 0.29) is 0 Å². The van der Waals surface area contributed by atoms with Crippen LogP contribution in [-0.2, 0) is 6.42 Å². The van der Waals surface area contributed by atoms with Crippen LogP contribution in [0.25, 0.3) is 0 Å². The van der Waals surface area contributed by atoms with Gasteiger partial charge >= 0.3 is 12.1 Å². The van der Waals surface area contributed by atoms with Crippen LogP contribution in [0.2, 0.25) is 0 Å². The molecule has 5 nitrogen and oxygen atoms in total. The molecular weight excluding hydrogens is 254 g/mol. The lowest BCUT2D eigenvalue weighted by molar-refractivity contribution is 0.236. The summed E-state index contributed by atoms with van der Waals surface area (Å²) in [6.45, 7) is 0. The van der Waals surface area contributed by atoms with Crippen molar-refractivity contribution in [1.29, 1.82) is 0 Å². The van der Waals surface area contributed by atoms with Crippen LogP contribution in [0.1, 0.15) is 11.1 Å². The molecule has 2 rings (SSSR count). The normalized spacial score (nSPS) is 9.00. The van der Waals surface area contributed by atoms with Gasteiger partial charge in [-0.1, -0.05) is 60.7 Å². The first-order chi connectivity index (χ1) is 9.58. The number of benzene rings is 2. The number of hydrogen-bond acceptors (Lipinski definition) is 2. The zero-order valence-electron chi connectivity index (χ0n) is 11.0. The highest BCUT2D eigenvalue weighted by atomic mass is 16.2. The second-order valence-electron chi connectivity index (χ2n) is 4.00. The molecule has 0 aliphatic rings. The maximum absolute atomic E-state index is 9.62. The van der Waals surface area contributed by atoms with Gasteiger partial charge in [0.15, 0.2) is 0 Å². The van der Waals surface area contributed by atoms with Gasteiger partial charge < -0.3 is 11.5 Å². The van der Waals surface area contributed by atoms with Crippen molar-refractivity contribution in [3.05, 3.63) is 71.8 Å². The number of nitrogens with two attached hydrogens (primary N) is 2. The number of hydrogen-bond donors (Lipinski definition) is 3. The maximum atomic E-state index is 9.62. The van der Waals surface area contributed by atoms with Crippen molar-refractivity contribution >= 4 is 12.1 Å². The van der Waals surface area contributed by atoms with E-state index in [0.29, 0.717) is 0 Å². The zero-order chi connectivity index (χ0) is 14.8. The lowest BCUT2D eigenvalue weighted by Crippen LogP contribution is -2.38. The summed E-state index contributed by atoms with van der Waals surface area (Å²) in [5, 5.41) is 1.58. The minimum atomic E-state index is -0.938. The molecule has 0 atom stereocenters. The quantitative estimate of drug-likeness (QED) is 0.778. The Hall–Kier alpha value is -2.82. The van der Waals surface area contributed by atoms with Crippen LogP contribution in [0.5, 0.6) is 0 Å². The lowest BCUT2D eigenvalue weighted by Gasteiger charge is -2.00. The topological polar surface area (TPSA) is 98.2 Å². The number of nitrogens with one attached hydrogen (secondary N) is 1. The van der Waals surface area contributed by atoms with Crippen LogP contribution in [0.3, 0.4) is 0 Å². The molecule has 0 aliphatic heterocycles. The molecule has 5 heteroatoms. The third-order valence-corrected chi connectivity index (χ3v) is 2.34.